The van der Waals surface area contributed by atoms with Crippen LogP contribution >= 0.6 is 11.8 Å². The first-order chi connectivity index (χ1) is 17.7. The van der Waals surface area contributed by atoms with Crippen molar-refractivity contribution in [3.8, 4) is 5.75 Å². The summed E-state index contributed by atoms with van der Waals surface area (Å²) in [6, 6.07) is 8.04. The van der Waals surface area contributed by atoms with Gasteiger partial charge in [0.15, 0.2) is 11.0 Å². The van der Waals surface area contributed by atoms with E-state index in [1.54, 1.807) is 24.3 Å². The van der Waals surface area contributed by atoms with E-state index >= 15 is 0 Å². The molecule has 1 aromatic carbocycles. The molecule has 9 nitrogen and oxygen atoms in total. The van der Waals surface area contributed by atoms with Crippen molar-refractivity contribution in [2.45, 2.75) is 44.5 Å². The van der Waals surface area contributed by atoms with Gasteiger partial charge in [-0.25, -0.2) is 9.79 Å². The molecule has 0 fully saturated rings. The molecule has 0 saturated heterocycles. The number of aliphatic imine (C=N–C) groups is 2. The fourth-order valence-corrected chi connectivity index (χ4v) is 4.58. The van der Waals surface area contributed by atoms with E-state index in [2.05, 4.69) is 59.7 Å². The molecule has 2 aromatic rings. The number of rotatable bonds is 9. The topological polar surface area (TPSA) is 108 Å². The number of carbonyl (C=O) groups excluding carboxylic acids is 2. The highest BCUT2D eigenvalue weighted by Crippen LogP contribution is 2.26. The molecule has 1 unspecified atom stereocenters. The molecule has 2 aliphatic rings. The van der Waals surface area contributed by atoms with E-state index in [9.17, 15) is 9.59 Å². The maximum absolute atomic E-state index is 12.5. The van der Waals surface area contributed by atoms with Crippen molar-refractivity contribution in [2.75, 3.05) is 12.9 Å². The number of ether oxygens (including phenoxy) is 2. The van der Waals surface area contributed by atoms with Gasteiger partial charge in [-0.3, -0.25) is 9.36 Å². The van der Waals surface area contributed by atoms with Gasteiger partial charge < -0.3 is 9.47 Å². The number of hydrogen-bond acceptors (Lipinski definition) is 8. The Hall–Kier alpha value is -3.79. The zero-order valence-corrected chi connectivity index (χ0v) is 22.1. The number of nitrogens with zero attached hydrogens (tertiary/aromatic N) is 5. The molecule has 1 aromatic heterocycles. The van der Waals surface area contributed by atoms with Gasteiger partial charge in [0.25, 0.3) is 5.91 Å². The number of thioether (sulfide) groups is 1. The molecule has 4 rings (SSSR count). The van der Waals surface area contributed by atoms with Crippen molar-refractivity contribution in [3.63, 3.8) is 0 Å². The van der Waals surface area contributed by atoms with Crippen LogP contribution in [0.4, 0.5) is 0 Å². The van der Waals surface area contributed by atoms with E-state index in [4.69, 9.17) is 9.47 Å². The van der Waals surface area contributed by atoms with Gasteiger partial charge in [-0.05, 0) is 29.2 Å². The van der Waals surface area contributed by atoms with Crippen LogP contribution in [-0.4, -0.2) is 51.1 Å². The van der Waals surface area contributed by atoms with Crippen molar-refractivity contribution in [3.05, 3.63) is 72.1 Å². The fraction of sp³-hybridized carbons (Fsp3) is 0.333. The lowest BCUT2D eigenvalue weighted by molar-refractivity contribution is -0.135. The van der Waals surface area contributed by atoms with Crippen LogP contribution in [0.3, 0.4) is 0 Å². The lowest BCUT2D eigenvalue weighted by atomic mass is 9.87. The van der Waals surface area contributed by atoms with Crippen LogP contribution in [0.5, 0.6) is 5.75 Å². The molecule has 1 aliphatic heterocycles. The summed E-state index contributed by atoms with van der Waals surface area (Å²) in [6.07, 6.45) is 6.50. The monoisotopic (exact) mass is 519 g/mol. The summed E-state index contributed by atoms with van der Waals surface area (Å²) >= 11 is 1.36. The molecule has 0 N–H and O–H groups in total. The van der Waals surface area contributed by atoms with Gasteiger partial charge in [-0.15, -0.1) is 16.8 Å². The van der Waals surface area contributed by atoms with Crippen LogP contribution in [0.2, 0.25) is 0 Å². The normalized spacial score (nSPS) is 16.9. The number of hydrogen-bond donors (Lipinski definition) is 0. The second-order valence-electron chi connectivity index (χ2n) is 9.48. The number of amides is 1. The second kappa shape index (κ2) is 11.1. The first kappa shape index (κ1) is 26.3. The van der Waals surface area contributed by atoms with Gasteiger partial charge in [0.1, 0.15) is 24.1 Å². The number of amidine groups is 1. The van der Waals surface area contributed by atoms with Crippen LogP contribution in [-0.2, 0) is 32.9 Å². The Kier molecular flexibility index (Phi) is 7.87. The van der Waals surface area contributed by atoms with Crippen molar-refractivity contribution >= 4 is 35.2 Å². The van der Waals surface area contributed by atoms with Crippen molar-refractivity contribution in [2.24, 2.45) is 15.9 Å². The smallest absolute Gasteiger partial charge is 0.337 e. The molecule has 0 radical (unpaired) electrons. The maximum Gasteiger partial charge on any atom is 0.337 e. The van der Waals surface area contributed by atoms with Crippen molar-refractivity contribution in [1.29, 1.82) is 0 Å². The van der Waals surface area contributed by atoms with Crippen LogP contribution in [0, 0.1) is 5.92 Å². The van der Waals surface area contributed by atoms with E-state index in [1.807, 2.05) is 16.7 Å². The zero-order valence-electron chi connectivity index (χ0n) is 21.3. The number of methoxy groups -OCH3 is 1. The number of carbonyl (C=O) groups is 2. The minimum absolute atomic E-state index is 0.0708. The summed E-state index contributed by atoms with van der Waals surface area (Å²) in [7, 11) is 1.31. The molecule has 10 heteroatoms. The molecule has 1 aliphatic carbocycles. The predicted molar refractivity (Wildman–Crippen MR) is 143 cm³/mol. The zero-order chi connectivity index (χ0) is 26.6. The Morgan fingerprint density at radius 2 is 1.95 bits per heavy atom. The van der Waals surface area contributed by atoms with Gasteiger partial charge in [-0.2, -0.15) is 4.99 Å². The van der Waals surface area contributed by atoms with Crippen molar-refractivity contribution in [1.82, 2.24) is 14.8 Å². The van der Waals surface area contributed by atoms with Crippen LogP contribution < -0.4 is 4.74 Å². The molecule has 37 heavy (non-hydrogen) atoms. The minimum atomic E-state index is -0.590. The van der Waals surface area contributed by atoms with E-state index in [0.717, 1.165) is 5.75 Å². The van der Waals surface area contributed by atoms with Crippen LogP contribution in [0.25, 0.3) is 0 Å². The van der Waals surface area contributed by atoms with Gasteiger partial charge in [0, 0.05) is 6.54 Å². The Morgan fingerprint density at radius 3 is 2.62 bits per heavy atom. The number of allylic oxidation sites excluding steroid dienone is 2. The molecule has 2 heterocycles. The first-order valence-electron chi connectivity index (χ1n) is 11.8. The number of fused-ring (bicyclic) bond motifs is 1. The summed E-state index contributed by atoms with van der Waals surface area (Å²) < 4.78 is 12.6. The van der Waals surface area contributed by atoms with E-state index < -0.39 is 11.9 Å². The Bertz CT molecular complexity index is 1330. The third-order valence-electron chi connectivity index (χ3n) is 5.80. The van der Waals surface area contributed by atoms with E-state index in [0.29, 0.717) is 40.4 Å². The highest BCUT2D eigenvalue weighted by atomic mass is 32.2. The molecule has 1 atom stereocenters. The molecule has 0 saturated carbocycles. The largest absolute Gasteiger partial charge is 0.486 e. The van der Waals surface area contributed by atoms with E-state index in [-0.39, 0.29) is 17.9 Å². The average molecular weight is 520 g/mol. The van der Waals surface area contributed by atoms with Gasteiger partial charge >= 0.3 is 5.97 Å². The quantitative estimate of drug-likeness (QED) is 0.279. The van der Waals surface area contributed by atoms with Gasteiger partial charge in [0.05, 0.1) is 24.1 Å². The summed E-state index contributed by atoms with van der Waals surface area (Å²) in [5.41, 5.74) is 2.11. The Labute approximate surface area is 220 Å². The lowest BCUT2D eigenvalue weighted by Gasteiger charge is -2.19. The first-order valence-corrected chi connectivity index (χ1v) is 12.8. The van der Waals surface area contributed by atoms with Crippen molar-refractivity contribution < 1.29 is 19.1 Å². The molecule has 192 valence electrons. The standard InChI is InChI=1S/C27H29N5O4S/c1-6-13-32-23(15-36-19-10-8-18(9-11-19)27(2,3)4)30-31-26(32)37-16-22-28-21-14-17(25(34)35-5)7-12-20(21)24(33)29-22/h6-12,14,20H,1,13,15-16H2,2-5H3. The predicted octanol–water partition coefficient (Wildman–Crippen LogP) is 4.10. The molecule has 0 spiro atoms. The van der Waals surface area contributed by atoms with Crippen LogP contribution in [0.1, 0.15) is 32.2 Å². The highest BCUT2D eigenvalue weighted by molar-refractivity contribution is 7.99. The Balaban J connectivity index is 1.44. The van der Waals surface area contributed by atoms with Crippen LogP contribution in [0.15, 0.2) is 75.9 Å². The molecule has 0 bridgehead atoms. The van der Waals surface area contributed by atoms with E-state index in [1.165, 1.54) is 24.4 Å². The molecular formula is C27H29N5O4S. The third-order valence-corrected chi connectivity index (χ3v) is 6.76. The third kappa shape index (κ3) is 6.14. The average Bonchev–Trinajstić information content (AvgIpc) is 3.26. The molecular weight excluding hydrogens is 490 g/mol. The minimum Gasteiger partial charge on any atom is -0.486 e. The number of aromatic nitrogens is 3. The SMILES string of the molecule is C=CCn1c(COc2ccc(C(C)(C)C)cc2)nnc1SCC1=NC(=O)C2C=CC(C(=O)OC)=CC2=N1. The fourth-order valence-electron chi connectivity index (χ4n) is 3.76. The lowest BCUT2D eigenvalue weighted by Crippen LogP contribution is -2.29. The Morgan fingerprint density at radius 1 is 1.19 bits per heavy atom. The highest BCUT2D eigenvalue weighted by Gasteiger charge is 2.29. The summed E-state index contributed by atoms with van der Waals surface area (Å²) in [6.45, 7) is 11.1. The van der Waals surface area contributed by atoms with Gasteiger partial charge in [-0.1, -0.05) is 62.9 Å². The summed E-state index contributed by atoms with van der Waals surface area (Å²) in [4.78, 5) is 33.0. The number of benzene rings is 1. The second-order valence-corrected chi connectivity index (χ2v) is 10.4. The number of esters is 1. The molecule has 1 amide bonds. The van der Waals surface area contributed by atoms with Gasteiger partial charge in [0.2, 0.25) is 0 Å². The summed E-state index contributed by atoms with van der Waals surface area (Å²) in [5.74, 6) is 0.652. The maximum atomic E-state index is 12.5. The summed E-state index contributed by atoms with van der Waals surface area (Å²) in [5, 5.41) is 9.23.